The van der Waals surface area contributed by atoms with E-state index in [1.54, 1.807) is 0 Å². The highest BCUT2D eigenvalue weighted by atomic mass is 16.5. The molecule has 0 spiro atoms. The largest absolute Gasteiger partial charge is 0.493 e. The molecule has 0 aliphatic carbocycles. The predicted octanol–water partition coefficient (Wildman–Crippen LogP) is 4.10. The van der Waals surface area contributed by atoms with Crippen LogP contribution in [0.2, 0.25) is 0 Å². The number of nitrogens with zero attached hydrogens (tertiary/aromatic N) is 2. The number of rotatable bonds is 8. The van der Waals surface area contributed by atoms with Crippen molar-refractivity contribution in [2.75, 3.05) is 6.61 Å². The van der Waals surface area contributed by atoms with Gasteiger partial charge in [-0.3, -0.25) is 4.68 Å². The summed E-state index contributed by atoms with van der Waals surface area (Å²) in [7, 11) is 0. The molecule has 1 aromatic carbocycles. The van der Waals surface area contributed by atoms with Crippen LogP contribution in [-0.2, 0) is 13.1 Å². The predicted molar refractivity (Wildman–Crippen MR) is 94.7 cm³/mol. The quantitative estimate of drug-likeness (QED) is 0.797. The lowest BCUT2D eigenvalue weighted by molar-refractivity contribution is 0.271. The first kappa shape index (κ1) is 17.5. The molecule has 1 heterocycles. The Balaban J connectivity index is 1.88. The van der Waals surface area contributed by atoms with Gasteiger partial charge >= 0.3 is 0 Å². The normalized spacial score (nSPS) is 12.6. The summed E-state index contributed by atoms with van der Waals surface area (Å²) in [6.45, 7) is 13.2. The van der Waals surface area contributed by atoms with Crippen molar-refractivity contribution < 1.29 is 4.74 Å². The lowest BCUT2D eigenvalue weighted by atomic mass is 10.1. The maximum Gasteiger partial charge on any atom is 0.119 e. The minimum atomic E-state index is 0.284. The summed E-state index contributed by atoms with van der Waals surface area (Å²) >= 11 is 0. The first-order valence-corrected chi connectivity index (χ1v) is 8.48. The van der Waals surface area contributed by atoms with Crippen molar-refractivity contribution in [2.45, 2.75) is 53.8 Å². The lowest BCUT2D eigenvalue weighted by Crippen LogP contribution is -2.18. The standard InChI is InChI=1S/C19H29N3O/c1-6-22-16(5)19(12-21-22)15(4)20-11-17-7-9-18(10-8-17)23-13-14(2)3/h7-10,12,14-15,20H,6,11,13H2,1-5H3. The van der Waals surface area contributed by atoms with Gasteiger partial charge in [0.15, 0.2) is 0 Å². The molecule has 1 N–H and O–H groups in total. The van der Waals surface area contributed by atoms with Gasteiger partial charge in [0.25, 0.3) is 0 Å². The molecule has 0 saturated heterocycles. The van der Waals surface area contributed by atoms with Gasteiger partial charge in [-0.05, 0) is 44.4 Å². The number of hydrogen-bond acceptors (Lipinski definition) is 3. The minimum absolute atomic E-state index is 0.284. The fourth-order valence-corrected chi connectivity index (χ4v) is 2.55. The molecule has 4 heteroatoms. The van der Waals surface area contributed by atoms with Crippen LogP contribution in [0, 0.1) is 12.8 Å². The summed E-state index contributed by atoms with van der Waals surface area (Å²) in [6.07, 6.45) is 1.97. The molecule has 0 bridgehead atoms. The van der Waals surface area contributed by atoms with E-state index in [2.05, 4.69) is 57.2 Å². The Bertz CT molecular complexity index is 602. The maximum absolute atomic E-state index is 5.72. The Labute approximate surface area is 139 Å². The van der Waals surface area contributed by atoms with Crippen molar-refractivity contribution >= 4 is 0 Å². The zero-order chi connectivity index (χ0) is 16.8. The second kappa shape index (κ2) is 8.16. The molecule has 0 amide bonds. The van der Waals surface area contributed by atoms with E-state index < -0.39 is 0 Å². The Morgan fingerprint density at radius 1 is 1.17 bits per heavy atom. The van der Waals surface area contributed by atoms with Crippen LogP contribution in [0.3, 0.4) is 0 Å². The highest BCUT2D eigenvalue weighted by molar-refractivity contribution is 5.27. The van der Waals surface area contributed by atoms with Crippen molar-refractivity contribution in [3.63, 3.8) is 0 Å². The van der Waals surface area contributed by atoms with Crippen molar-refractivity contribution in [1.82, 2.24) is 15.1 Å². The van der Waals surface area contributed by atoms with Crippen LogP contribution in [0.15, 0.2) is 30.5 Å². The first-order valence-electron chi connectivity index (χ1n) is 8.48. The monoisotopic (exact) mass is 315 g/mol. The van der Waals surface area contributed by atoms with Gasteiger partial charge in [-0.1, -0.05) is 26.0 Å². The van der Waals surface area contributed by atoms with E-state index in [-0.39, 0.29) is 6.04 Å². The van der Waals surface area contributed by atoms with E-state index in [1.807, 2.05) is 23.0 Å². The van der Waals surface area contributed by atoms with Crippen LogP contribution < -0.4 is 10.1 Å². The molecule has 23 heavy (non-hydrogen) atoms. The zero-order valence-corrected chi connectivity index (χ0v) is 15.0. The number of benzene rings is 1. The van der Waals surface area contributed by atoms with E-state index >= 15 is 0 Å². The Morgan fingerprint density at radius 3 is 2.43 bits per heavy atom. The number of hydrogen-bond donors (Lipinski definition) is 1. The summed E-state index contributed by atoms with van der Waals surface area (Å²) in [5.41, 5.74) is 3.77. The molecular formula is C19H29N3O. The smallest absolute Gasteiger partial charge is 0.119 e. The number of ether oxygens (including phenoxy) is 1. The summed E-state index contributed by atoms with van der Waals surface area (Å²) in [4.78, 5) is 0. The average Bonchev–Trinajstić information content (AvgIpc) is 2.92. The minimum Gasteiger partial charge on any atom is -0.493 e. The third-order valence-electron chi connectivity index (χ3n) is 4.03. The van der Waals surface area contributed by atoms with Crippen LogP contribution in [0.4, 0.5) is 0 Å². The Kier molecular flexibility index (Phi) is 6.22. The highest BCUT2D eigenvalue weighted by Crippen LogP contribution is 2.18. The molecule has 0 fully saturated rings. The fraction of sp³-hybridized carbons (Fsp3) is 0.526. The van der Waals surface area contributed by atoms with E-state index in [0.717, 1.165) is 25.4 Å². The molecule has 4 nitrogen and oxygen atoms in total. The molecule has 1 atom stereocenters. The van der Waals surface area contributed by atoms with Gasteiger partial charge in [-0.25, -0.2) is 0 Å². The third-order valence-corrected chi connectivity index (χ3v) is 4.03. The fourth-order valence-electron chi connectivity index (χ4n) is 2.55. The van der Waals surface area contributed by atoms with Gasteiger partial charge in [0.05, 0.1) is 12.8 Å². The van der Waals surface area contributed by atoms with Crippen molar-refractivity contribution in [1.29, 1.82) is 0 Å². The molecule has 0 saturated carbocycles. The van der Waals surface area contributed by atoms with Crippen LogP contribution in [0.25, 0.3) is 0 Å². The molecule has 0 aliphatic heterocycles. The summed E-state index contributed by atoms with van der Waals surface area (Å²) in [5, 5.41) is 7.99. The molecule has 126 valence electrons. The van der Waals surface area contributed by atoms with Gasteiger partial charge in [0.2, 0.25) is 0 Å². The summed E-state index contributed by atoms with van der Waals surface area (Å²) in [5.74, 6) is 1.49. The molecule has 1 aromatic heterocycles. The summed E-state index contributed by atoms with van der Waals surface area (Å²) < 4.78 is 7.75. The van der Waals surface area contributed by atoms with Crippen molar-refractivity contribution in [3.05, 3.63) is 47.3 Å². The molecule has 1 unspecified atom stereocenters. The molecule has 0 radical (unpaired) electrons. The third kappa shape index (κ3) is 4.83. The van der Waals surface area contributed by atoms with Gasteiger partial charge in [0.1, 0.15) is 5.75 Å². The van der Waals surface area contributed by atoms with Gasteiger partial charge < -0.3 is 10.1 Å². The number of aromatic nitrogens is 2. The molecule has 2 rings (SSSR count). The Morgan fingerprint density at radius 2 is 1.87 bits per heavy atom. The Hall–Kier alpha value is -1.81. The molecule has 0 aliphatic rings. The van der Waals surface area contributed by atoms with Crippen molar-refractivity contribution in [2.24, 2.45) is 5.92 Å². The maximum atomic E-state index is 5.72. The van der Waals surface area contributed by atoms with Gasteiger partial charge in [-0.15, -0.1) is 0 Å². The van der Waals surface area contributed by atoms with E-state index in [0.29, 0.717) is 5.92 Å². The van der Waals surface area contributed by atoms with E-state index in [4.69, 9.17) is 4.74 Å². The lowest BCUT2D eigenvalue weighted by Gasteiger charge is -2.14. The number of nitrogens with one attached hydrogen (secondary N) is 1. The number of aryl methyl sites for hydroxylation is 1. The van der Waals surface area contributed by atoms with Crippen LogP contribution >= 0.6 is 0 Å². The highest BCUT2D eigenvalue weighted by Gasteiger charge is 2.12. The van der Waals surface area contributed by atoms with Gasteiger partial charge in [0, 0.05) is 30.4 Å². The van der Waals surface area contributed by atoms with Crippen LogP contribution in [0.1, 0.15) is 50.6 Å². The first-order chi connectivity index (χ1) is 11.0. The second-order valence-electron chi connectivity index (χ2n) is 6.45. The van der Waals surface area contributed by atoms with Crippen molar-refractivity contribution in [3.8, 4) is 5.75 Å². The second-order valence-corrected chi connectivity index (χ2v) is 6.45. The zero-order valence-electron chi connectivity index (χ0n) is 15.0. The topological polar surface area (TPSA) is 39.1 Å². The van der Waals surface area contributed by atoms with E-state index in [9.17, 15) is 0 Å². The SMILES string of the molecule is CCn1ncc(C(C)NCc2ccc(OCC(C)C)cc2)c1C. The van der Waals surface area contributed by atoms with Crippen LogP contribution in [-0.4, -0.2) is 16.4 Å². The van der Waals surface area contributed by atoms with Gasteiger partial charge in [-0.2, -0.15) is 5.10 Å². The molecular weight excluding hydrogens is 286 g/mol. The van der Waals surface area contributed by atoms with Crippen LogP contribution in [0.5, 0.6) is 5.75 Å². The molecule has 2 aromatic rings. The summed E-state index contributed by atoms with van der Waals surface area (Å²) in [6, 6.07) is 8.62. The van der Waals surface area contributed by atoms with E-state index in [1.165, 1.54) is 16.8 Å². The average molecular weight is 315 g/mol.